The number of carbonyl (C=O) groups excluding carboxylic acids is 1. The Hall–Kier alpha value is -1.85. The number of aliphatic hydroxyl groups excluding tert-OH is 1. The minimum atomic E-state index is -1.52. The summed E-state index contributed by atoms with van der Waals surface area (Å²) < 4.78 is 12.7. The largest absolute Gasteiger partial charge is 0.504 e. The third-order valence-electron chi connectivity index (χ3n) is 8.87. The summed E-state index contributed by atoms with van der Waals surface area (Å²) in [6.45, 7) is 15.3. The molecule has 1 saturated heterocycles. The molecule has 2 N–H and O–H groups in total. The molecule has 4 rings (SSSR count). The summed E-state index contributed by atoms with van der Waals surface area (Å²) in [5.41, 5.74) is 2.46. The number of fused-ring (bicyclic) bond motifs is 4. The van der Waals surface area contributed by atoms with Crippen LogP contribution in [0.25, 0.3) is 0 Å². The molecule has 3 aliphatic heterocycles. The molecule has 5 nitrogen and oxygen atoms in total. The number of carbonyl (C=O) groups is 1. The van der Waals surface area contributed by atoms with Crippen LogP contribution in [0, 0.1) is 35.5 Å². The second-order valence-corrected chi connectivity index (χ2v) is 11.7. The van der Waals surface area contributed by atoms with Crippen LogP contribution in [0.3, 0.4) is 0 Å². The van der Waals surface area contributed by atoms with E-state index in [0.717, 1.165) is 25.7 Å². The molecule has 9 unspecified atom stereocenters. The summed E-state index contributed by atoms with van der Waals surface area (Å²) in [6.07, 6.45) is 8.70. The van der Waals surface area contributed by atoms with E-state index in [4.69, 9.17) is 9.47 Å². The van der Waals surface area contributed by atoms with E-state index < -0.39 is 17.7 Å². The Morgan fingerprint density at radius 3 is 2.44 bits per heavy atom. The highest BCUT2D eigenvalue weighted by Gasteiger charge is 2.49. The van der Waals surface area contributed by atoms with E-state index in [2.05, 4.69) is 47.6 Å². The van der Waals surface area contributed by atoms with Crippen LogP contribution in [0.4, 0.5) is 0 Å². The maximum atomic E-state index is 12.8. The van der Waals surface area contributed by atoms with Crippen molar-refractivity contribution in [2.24, 2.45) is 35.5 Å². The van der Waals surface area contributed by atoms with Crippen molar-refractivity contribution in [2.75, 3.05) is 0 Å². The van der Waals surface area contributed by atoms with Gasteiger partial charge in [0.05, 0.1) is 12.2 Å². The maximum Gasteiger partial charge on any atom is 0.231 e. The zero-order valence-electron chi connectivity index (χ0n) is 21.8. The van der Waals surface area contributed by atoms with E-state index in [1.807, 2.05) is 6.92 Å². The molecule has 5 heteroatoms. The molecule has 9 atom stereocenters. The van der Waals surface area contributed by atoms with Crippen molar-refractivity contribution in [3.63, 3.8) is 0 Å². The summed E-state index contributed by atoms with van der Waals surface area (Å²) in [6, 6.07) is 0. The highest BCUT2D eigenvalue weighted by molar-refractivity contribution is 6.06. The fraction of sp³-hybridized carbons (Fsp3) is 0.690. The third kappa shape index (κ3) is 4.54. The van der Waals surface area contributed by atoms with E-state index in [1.165, 1.54) is 11.6 Å². The van der Waals surface area contributed by atoms with Gasteiger partial charge < -0.3 is 19.7 Å². The van der Waals surface area contributed by atoms with Gasteiger partial charge in [-0.15, -0.1) is 0 Å². The van der Waals surface area contributed by atoms with Gasteiger partial charge in [0.1, 0.15) is 5.76 Å². The van der Waals surface area contributed by atoms with Gasteiger partial charge in [0.25, 0.3) is 0 Å². The molecule has 1 aliphatic carbocycles. The first-order valence-corrected chi connectivity index (χ1v) is 13.1. The van der Waals surface area contributed by atoms with Gasteiger partial charge in [0.15, 0.2) is 5.76 Å². The zero-order chi connectivity index (χ0) is 24.9. The lowest BCUT2D eigenvalue weighted by Gasteiger charge is -2.45. The van der Waals surface area contributed by atoms with Gasteiger partial charge in [-0.3, -0.25) is 4.79 Å². The molecular formula is C29H42O5. The Morgan fingerprint density at radius 1 is 1.03 bits per heavy atom. The predicted molar refractivity (Wildman–Crippen MR) is 133 cm³/mol. The minimum Gasteiger partial charge on any atom is -0.504 e. The van der Waals surface area contributed by atoms with Crippen LogP contribution in [0.2, 0.25) is 0 Å². The lowest BCUT2D eigenvalue weighted by molar-refractivity contribution is -0.163. The maximum absolute atomic E-state index is 12.8. The van der Waals surface area contributed by atoms with Crippen LogP contribution < -0.4 is 0 Å². The number of allylic oxidation sites excluding steroid dienone is 4. The van der Waals surface area contributed by atoms with Crippen molar-refractivity contribution < 1.29 is 24.5 Å². The molecule has 34 heavy (non-hydrogen) atoms. The summed E-state index contributed by atoms with van der Waals surface area (Å²) in [7, 11) is 0. The van der Waals surface area contributed by atoms with Crippen LogP contribution in [-0.2, 0) is 14.3 Å². The van der Waals surface area contributed by atoms with Crippen molar-refractivity contribution >= 4 is 5.78 Å². The van der Waals surface area contributed by atoms with Gasteiger partial charge in [-0.1, -0.05) is 53.2 Å². The predicted octanol–water partition coefficient (Wildman–Crippen LogP) is 6.01. The molecule has 0 aromatic carbocycles. The first-order chi connectivity index (χ1) is 15.9. The molecule has 0 saturated carbocycles. The number of ketones is 1. The van der Waals surface area contributed by atoms with E-state index in [9.17, 15) is 15.0 Å². The molecule has 0 aromatic rings. The van der Waals surface area contributed by atoms with Crippen molar-refractivity contribution in [1.29, 1.82) is 0 Å². The Bertz CT molecular complexity index is 956. The van der Waals surface area contributed by atoms with Gasteiger partial charge >= 0.3 is 0 Å². The second kappa shape index (κ2) is 9.31. The Balaban J connectivity index is 1.80. The quantitative estimate of drug-likeness (QED) is 0.424. The normalized spacial score (nSPS) is 43.6. The van der Waals surface area contributed by atoms with Gasteiger partial charge in [0, 0.05) is 23.1 Å². The van der Waals surface area contributed by atoms with E-state index in [0.29, 0.717) is 40.6 Å². The van der Waals surface area contributed by atoms with Gasteiger partial charge in [-0.2, -0.15) is 0 Å². The minimum absolute atomic E-state index is 0.0321. The van der Waals surface area contributed by atoms with Gasteiger partial charge in [-0.05, 0) is 68.3 Å². The molecule has 1 fully saturated rings. The Labute approximate surface area is 204 Å². The summed E-state index contributed by atoms with van der Waals surface area (Å²) in [5, 5.41) is 22.5. The first kappa shape index (κ1) is 25.2. The fourth-order valence-corrected chi connectivity index (χ4v) is 6.50. The zero-order valence-corrected chi connectivity index (χ0v) is 21.8. The molecule has 0 radical (unpaired) electrons. The van der Waals surface area contributed by atoms with Crippen LogP contribution in [0.5, 0.6) is 0 Å². The lowest BCUT2D eigenvalue weighted by Crippen LogP contribution is -2.46. The molecule has 0 spiro atoms. The number of aliphatic hydroxyl groups is 2. The Kier molecular flexibility index (Phi) is 6.91. The van der Waals surface area contributed by atoms with Crippen LogP contribution in [-0.4, -0.2) is 34.0 Å². The molecule has 4 aliphatic rings. The number of hydrogen-bond acceptors (Lipinski definition) is 5. The smallest absolute Gasteiger partial charge is 0.231 e. The summed E-state index contributed by atoms with van der Waals surface area (Å²) in [4.78, 5) is 12.8. The highest BCUT2D eigenvalue weighted by Crippen LogP contribution is 2.48. The molecular weight excluding hydrogens is 428 g/mol. The monoisotopic (exact) mass is 470 g/mol. The molecule has 188 valence electrons. The van der Waals surface area contributed by atoms with Crippen LogP contribution >= 0.6 is 0 Å². The van der Waals surface area contributed by atoms with E-state index >= 15 is 0 Å². The lowest BCUT2D eigenvalue weighted by atomic mass is 9.71. The standard InChI is InChI=1S/C29H42O5/c1-15-8-9-24-20(6)19(5)21(7)28(33-24)26-22-14-29(32,34-25(22)13-23(30)27(26)31)18(4)12-17(3)11-16(2)10-15/h10,13-15,17-21,24,28,31-32H,8-9,11-12H2,1-7H3. The molecule has 0 amide bonds. The average Bonchev–Trinajstić information content (AvgIpc) is 3.09. The second-order valence-electron chi connectivity index (χ2n) is 11.7. The topological polar surface area (TPSA) is 76.0 Å². The van der Waals surface area contributed by atoms with E-state index in [-0.39, 0.29) is 23.7 Å². The van der Waals surface area contributed by atoms with E-state index in [1.54, 1.807) is 6.08 Å². The number of hydrogen-bond donors (Lipinski definition) is 2. The number of ether oxygens (including phenoxy) is 2. The molecule has 3 heterocycles. The van der Waals surface area contributed by atoms with Crippen molar-refractivity contribution in [3.05, 3.63) is 46.5 Å². The number of rotatable bonds is 0. The van der Waals surface area contributed by atoms with Crippen LogP contribution in [0.15, 0.2) is 46.5 Å². The summed E-state index contributed by atoms with van der Waals surface area (Å²) in [5.74, 6) is -0.501. The van der Waals surface area contributed by atoms with Crippen molar-refractivity contribution in [2.45, 2.75) is 92.1 Å². The van der Waals surface area contributed by atoms with Gasteiger partial charge in [-0.25, -0.2) is 0 Å². The summed E-state index contributed by atoms with van der Waals surface area (Å²) >= 11 is 0. The highest BCUT2D eigenvalue weighted by atomic mass is 16.6. The molecule has 0 aromatic heterocycles. The third-order valence-corrected chi connectivity index (χ3v) is 8.87. The molecule has 4 bridgehead atoms. The first-order valence-electron chi connectivity index (χ1n) is 13.1. The fourth-order valence-electron chi connectivity index (χ4n) is 6.50. The van der Waals surface area contributed by atoms with Gasteiger partial charge in [0.2, 0.25) is 11.6 Å². The van der Waals surface area contributed by atoms with Crippen molar-refractivity contribution in [3.8, 4) is 0 Å². The SMILES string of the molecule is CC1=CC(C)CCC2OC(C3=C(O)C(=O)C=C4OC(O)(C=C43)C(C)CC(C)C1)C(C)C(C)C2C. The van der Waals surface area contributed by atoms with Crippen LogP contribution in [0.1, 0.15) is 74.1 Å². The average molecular weight is 471 g/mol. The Morgan fingerprint density at radius 2 is 1.74 bits per heavy atom. The van der Waals surface area contributed by atoms with Crippen molar-refractivity contribution in [1.82, 2.24) is 0 Å².